The van der Waals surface area contributed by atoms with Crippen molar-refractivity contribution in [1.82, 2.24) is 14.8 Å². The number of nitrogens with one attached hydrogen (secondary N) is 1. The molecular weight excluding hydrogens is 468 g/mol. The quantitative estimate of drug-likeness (QED) is 0.528. The zero-order valence-electron chi connectivity index (χ0n) is 19.2. The van der Waals surface area contributed by atoms with Gasteiger partial charge in [-0.2, -0.15) is 0 Å². The van der Waals surface area contributed by atoms with E-state index in [1.807, 2.05) is 23.1 Å². The molecular formula is C26H25ClN4O4. The van der Waals surface area contributed by atoms with Gasteiger partial charge in [-0.05, 0) is 42.0 Å². The van der Waals surface area contributed by atoms with E-state index in [0.29, 0.717) is 53.6 Å². The van der Waals surface area contributed by atoms with E-state index in [-0.39, 0.29) is 11.8 Å². The number of carbonyl (C=O) groups excluding carboxylic acids is 3. The molecule has 1 N–H and O–H groups in total. The Hall–Kier alpha value is -3.75. The highest BCUT2D eigenvalue weighted by atomic mass is 35.5. The highest BCUT2D eigenvalue weighted by molar-refractivity contribution is 6.31. The van der Waals surface area contributed by atoms with Crippen LogP contribution in [0.5, 0.6) is 0 Å². The van der Waals surface area contributed by atoms with Crippen LogP contribution in [0.1, 0.15) is 32.3 Å². The fourth-order valence-corrected chi connectivity index (χ4v) is 4.32. The van der Waals surface area contributed by atoms with Gasteiger partial charge in [-0.3, -0.25) is 19.5 Å². The van der Waals surface area contributed by atoms with E-state index >= 15 is 0 Å². The summed E-state index contributed by atoms with van der Waals surface area (Å²) in [5.74, 6) is -0.839. The number of benzene rings is 2. The first-order valence-corrected chi connectivity index (χ1v) is 11.5. The summed E-state index contributed by atoms with van der Waals surface area (Å²) in [7, 11) is 1.35. The van der Waals surface area contributed by atoms with Crippen LogP contribution in [0, 0.1) is 0 Å². The lowest BCUT2D eigenvalue weighted by Crippen LogP contribution is -2.51. The lowest BCUT2D eigenvalue weighted by atomic mass is 10.0. The molecule has 8 nitrogen and oxygen atoms in total. The van der Waals surface area contributed by atoms with Crippen molar-refractivity contribution in [3.05, 3.63) is 94.8 Å². The number of aromatic nitrogens is 1. The zero-order valence-corrected chi connectivity index (χ0v) is 19.9. The minimum atomic E-state index is -0.642. The van der Waals surface area contributed by atoms with Gasteiger partial charge >= 0.3 is 5.97 Å². The van der Waals surface area contributed by atoms with E-state index in [1.165, 1.54) is 13.3 Å². The molecule has 4 rings (SSSR count). The van der Waals surface area contributed by atoms with Crippen LogP contribution in [0.2, 0.25) is 5.02 Å². The molecule has 1 fully saturated rings. The summed E-state index contributed by atoms with van der Waals surface area (Å²) in [5, 5.41) is 3.29. The third-order valence-corrected chi connectivity index (χ3v) is 6.23. The van der Waals surface area contributed by atoms with Gasteiger partial charge in [0.1, 0.15) is 6.04 Å². The number of amides is 2. The number of carbonyl (C=O) groups is 3. The first kappa shape index (κ1) is 24.4. The Labute approximate surface area is 208 Å². The van der Waals surface area contributed by atoms with Crippen LogP contribution >= 0.6 is 11.6 Å². The molecule has 35 heavy (non-hydrogen) atoms. The predicted molar refractivity (Wildman–Crippen MR) is 132 cm³/mol. The third-order valence-electron chi connectivity index (χ3n) is 5.88. The van der Waals surface area contributed by atoms with Gasteiger partial charge in [0.05, 0.1) is 12.7 Å². The van der Waals surface area contributed by atoms with Crippen molar-refractivity contribution < 1.29 is 19.1 Å². The van der Waals surface area contributed by atoms with Gasteiger partial charge in [-0.1, -0.05) is 35.9 Å². The zero-order chi connectivity index (χ0) is 24.8. The van der Waals surface area contributed by atoms with Crippen molar-refractivity contribution in [3.8, 4) is 0 Å². The maximum Gasteiger partial charge on any atom is 0.327 e. The van der Waals surface area contributed by atoms with Crippen molar-refractivity contribution in [1.29, 1.82) is 0 Å². The van der Waals surface area contributed by atoms with Crippen LogP contribution in [-0.4, -0.2) is 65.9 Å². The van der Waals surface area contributed by atoms with Crippen LogP contribution in [0.15, 0.2) is 73.1 Å². The first-order chi connectivity index (χ1) is 17.0. The number of halogens is 1. The molecule has 1 atom stereocenters. The number of ether oxygens (including phenoxy) is 1. The molecule has 9 heteroatoms. The molecule has 2 amide bonds. The molecule has 0 aliphatic carbocycles. The molecule has 1 aliphatic rings. The number of hydrogen-bond donors (Lipinski definition) is 1. The molecule has 1 saturated heterocycles. The Morgan fingerprint density at radius 1 is 0.971 bits per heavy atom. The second-order valence-electron chi connectivity index (χ2n) is 8.05. The van der Waals surface area contributed by atoms with E-state index in [4.69, 9.17) is 16.3 Å². The average molecular weight is 493 g/mol. The Balaban J connectivity index is 1.42. The monoisotopic (exact) mass is 492 g/mol. The first-order valence-electron chi connectivity index (χ1n) is 11.1. The predicted octanol–water partition coefficient (Wildman–Crippen LogP) is 3.66. The Morgan fingerprint density at radius 3 is 2.40 bits per heavy atom. The summed E-state index contributed by atoms with van der Waals surface area (Å²) in [6.07, 6.45) is 3.08. The van der Waals surface area contributed by atoms with Crippen molar-refractivity contribution >= 4 is 35.1 Å². The van der Waals surface area contributed by atoms with E-state index in [1.54, 1.807) is 53.6 Å². The summed E-state index contributed by atoms with van der Waals surface area (Å²) >= 11 is 6.36. The van der Waals surface area contributed by atoms with E-state index in [9.17, 15) is 14.4 Å². The summed E-state index contributed by atoms with van der Waals surface area (Å²) < 4.78 is 5.04. The largest absolute Gasteiger partial charge is 0.468 e. The SMILES string of the molecule is COC(=O)C(c1ccccc1Cl)N1CCN(C(=O)c2cccc(NC(=O)c3cccnc3)c2)CC1. The van der Waals surface area contributed by atoms with Gasteiger partial charge in [0.15, 0.2) is 0 Å². The molecule has 1 aromatic heterocycles. The van der Waals surface area contributed by atoms with Gasteiger partial charge in [0.2, 0.25) is 0 Å². The number of rotatable bonds is 6. The number of hydrogen-bond acceptors (Lipinski definition) is 6. The van der Waals surface area contributed by atoms with Gasteiger partial charge in [-0.15, -0.1) is 0 Å². The highest BCUT2D eigenvalue weighted by Crippen LogP contribution is 2.29. The Kier molecular flexibility index (Phi) is 7.74. The van der Waals surface area contributed by atoms with Crippen molar-refractivity contribution in [3.63, 3.8) is 0 Å². The second kappa shape index (κ2) is 11.1. The number of anilines is 1. The number of piperazine rings is 1. The minimum absolute atomic E-state index is 0.144. The van der Waals surface area contributed by atoms with Crippen molar-refractivity contribution in [2.24, 2.45) is 0 Å². The smallest absolute Gasteiger partial charge is 0.327 e. The molecule has 2 heterocycles. The fraction of sp³-hybridized carbons (Fsp3) is 0.231. The van der Waals surface area contributed by atoms with Crippen LogP contribution in [0.25, 0.3) is 0 Å². The number of methoxy groups -OCH3 is 1. The fourth-order valence-electron chi connectivity index (χ4n) is 4.08. The molecule has 0 bridgehead atoms. The third kappa shape index (κ3) is 5.67. The molecule has 0 saturated carbocycles. The van der Waals surface area contributed by atoms with E-state index < -0.39 is 12.0 Å². The van der Waals surface area contributed by atoms with Crippen molar-refractivity contribution in [2.45, 2.75) is 6.04 Å². The highest BCUT2D eigenvalue weighted by Gasteiger charge is 2.33. The Bertz CT molecular complexity index is 1210. The Morgan fingerprint density at radius 2 is 1.71 bits per heavy atom. The topological polar surface area (TPSA) is 91.8 Å². The second-order valence-corrected chi connectivity index (χ2v) is 8.46. The summed E-state index contributed by atoms with van der Waals surface area (Å²) in [4.78, 5) is 45.8. The molecule has 0 radical (unpaired) electrons. The molecule has 2 aromatic carbocycles. The lowest BCUT2D eigenvalue weighted by Gasteiger charge is -2.38. The molecule has 3 aromatic rings. The maximum absolute atomic E-state index is 13.2. The van der Waals surface area contributed by atoms with Gasteiger partial charge in [-0.25, -0.2) is 4.79 Å². The maximum atomic E-state index is 13.2. The van der Waals surface area contributed by atoms with Crippen LogP contribution in [0.3, 0.4) is 0 Å². The number of nitrogens with zero attached hydrogens (tertiary/aromatic N) is 3. The van der Waals surface area contributed by atoms with Crippen molar-refractivity contribution in [2.75, 3.05) is 38.6 Å². The molecule has 0 spiro atoms. The van der Waals surface area contributed by atoms with Crippen LogP contribution < -0.4 is 5.32 Å². The van der Waals surface area contributed by atoms with Gasteiger partial charge in [0.25, 0.3) is 11.8 Å². The van der Waals surface area contributed by atoms with Crippen LogP contribution in [0.4, 0.5) is 5.69 Å². The normalized spacial score (nSPS) is 14.7. The summed E-state index contributed by atoms with van der Waals surface area (Å²) in [5.41, 5.74) is 2.10. The molecule has 180 valence electrons. The minimum Gasteiger partial charge on any atom is -0.468 e. The van der Waals surface area contributed by atoms with E-state index in [2.05, 4.69) is 10.3 Å². The summed E-state index contributed by atoms with van der Waals surface area (Å²) in [6, 6.07) is 16.7. The molecule has 1 aliphatic heterocycles. The van der Waals surface area contributed by atoms with E-state index in [0.717, 1.165) is 0 Å². The van der Waals surface area contributed by atoms with Gasteiger partial charge < -0.3 is 15.0 Å². The molecule has 1 unspecified atom stereocenters. The number of pyridine rings is 1. The summed E-state index contributed by atoms with van der Waals surface area (Å²) in [6.45, 7) is 1.83. The lowest BCUT2D eigenvalue weighted by molar-refractivity contribution is -0.148. The van der Waals surface area contributed by atoms with Gasteiger partial charge in [0, 0.05) is 54.8 Å². The van der Waals surface area contributed by atoms with Crippen LogP contribution in [-0.2, 0) is 9.53 Å². The average Bonchev–Trinajstić information content (AvgIpc) is 2.90. The number of esters is 1. The standard InChI is InChI=1S/C26H25ClN4O4/c1-35-26(34)23(21-9-2-3-10-22(21)27)30-12-14-31(15-13-30)25(33)18-6-4-8-20(16-18)29-24(32)19-7-5-11-28-17-19/h2-11,16-17,23H,12-15H2,1H3,(H,29,32).